The van der Waals surface area contributed by atoms with Crippen LogP contribution in [-0.4, -0.2) is 38.7 Å². The molecule has 11 heteroatoms. The number of sulfonamides is 1. The molecule has 0 bridgehead atoms. The average Bonchev–Trinajstić information content (AvgIpc) is 3.06. The zero-order valence-corrected chi connectivity index (χ0v) is 17.2. The van der Waals surface area contributed by atoms with Gasteiger partial charge in [-0.05, 0) is 43.7 Å². The fraction of sp³-hybridized carbons (Fsp3) is 0.300. The van der Waals surface area contributed by atoms with Gasteiger partial charge in [0.2, 0.25) is 10.0 Å². The first kappa shape index (κ1) is 22.6. The van der Waals surface area contributed by atoms with E-state index >= 15 is 0 Å². The van der Waals surface area contributed by atoms with E-state index in [4.69, 9.17) is 4.74 Å². The van der Waals surface area contributed by atoms with Crippen LogP contribution in [0.4, 0.5) is 24.5 Å². The number of anilines is 2. The van der Waals surface area contributed by atoms with Crippen molar-refractivity contribution in [3.63, 3.8) is 0 Å². The maximum Gasteiger partial charge on any atom is 0.418 e. The average molecular weight is 456 g/mol. The van der Waals surface area contributed by atoms with Gasteiger partial charge in [0, 0.05) is 6.54 Å². The lowest BCUT2D eigenvalue weighted by Gasteiger charge is -2.18. The van der Waals surface area contributed by atoms with E-state index < -0.39 is 45.4 Å². The van der Waals surface area contributed by atoms with E-state index in [1.54, 1.807) is 0 Å². The fourth-order valence-electron chi connectivity index (χ4n) is 3.07. The lowest BCUT2D eigenvalue weighted by atomic mass is 10.1. The number of amides is 1. The summed E-state index contributed by atoms with van der Waals surface area (Å²) in [6, 6.07) is 10.2. The summed E-state index contributed by atoms with van der Waals surface area (Å²) in [6.45, 7) is 1.51. The number of halogens is 3. The van der Waals surface area contributed by atoms with Gasteiger partial charge in [-0.25, -0.2) is 13.2 Å². The lowest BCUT2D eigenvalue weighted by Crippen LogP contribution is -2.31. The maximum absolute atomic E-state index is 13.1. The second kappa shape index (κ2) is 8.58. The second-order valence-corrected chi connectivity index (χ2v) is 8.89. The molecule has 1 amide bonds. The van der Waals surface area contributed by atoms with Crippen molar-refractivity contribution in [3.8, 4) is 0 Å². The molecule has 0 radical (unpaired) electrons. The van der Waals surface area contributed by atoms with Crippen LogP contribution in [-0.2, 0) is 25.7 Å². The number of carbonyl (C=O) groups is 2. The molecule has 7 nitrogen and oxygen atoms in total. The zero-order valence-electron chi connectivity index (χ0n) is 16.3. The molecule has 0 saturated carbocycles. The maximum atomic E-state index is 13.1. The van der Waals surface area contributed by atoms with Gasteiger partial charge < -0.3 is 10.1 Å². The van der Waals surface area contributed by atoms with Gasteiger partial charge in [-0.3, -0.25) is 9.10 Å². The number of nitrogens with one attached hydrogen (secondary N) is 1. The molecule has 1 unspecified atom stereocenters. The second-order valence-electron chi connectivity index (χ2n) is 6.87. The molecule has 1 saturated heterocycles. The minimum absolute atomic E-state index is 0.00921. The molecule has 166 valence electrons. The van der Waals surface area contributed by atoms with E-state index in [9.17, 15) is 31.2 Å². The Hall–Kier alpha value is -3.08. The predicted octanol–water partition coefficient (Wildman–Crippen LogP) is 3.43. The van der Waals surface area contributed by atoms with E-state index in [2.05, 4.69) is 5.32 Å². The molecular weight excluding hydrogens is 437 g/mol. The Morgan fingerprint density at radius 1 is 1.13 bits per heavy atom. The number of carbonyl (C=O) groups excluding carboxylic acids is 2. The summed E-state index contributed by atoms with van der Waals surface area (Å²) in [7, 11) is -3.44. The van der Waals surface area contributed by atoms with Gasteiger partial charge in [-0.2, -0.15) is 13.2 Å². The number of para-hydroxylation sites is 1. The highest BCUT2D eigenvalue weighted by Gasteiger charge is 2.34. The third-order valence-corrected chi connectivity index (χ3v) is 6.48. The summed E-state index contributed by atoms with van der Waals surface area (Å²) in [5.74, 6) is -1.84. The van der Waals surface area contributed by atoms with Crippen molar-refractivity contribution in [1.82, 2.24) is 0 Å². The molecule has 1 aliphatic rings. The quantitative estimate of drug-likeness (QED) is 0.696. The fourth-order valence-corrected chi connectivity index (χ4v) is 4.63. The number of benzene rings is 2. The third kappa shape index (κ3) is 5.16. The summed E-state index contributed by atoms with van der Waals surface area (Å²) in [5.41, 5.74) is -1.18. The van der Waals surface area contributed by atoms with Crippen molar-refractivity contribution in [1.29, 1.82) is 0 Å². The third-order valence-electron chi connectivity index (χ3n) is 4.61. The van der Waals surface area contributed by atoms with Gasteiger partial charge in [0.15, 0.2) is 6.10 Å². The smallest absolute Gasteiger partial charge is 0.418 e. The van der Waals surface area contributed by atoms with Crippen molar-refractivity contribution in [2.45, 2.75) is 25.6 Å². The normalized spacial score (nSPS) is 16.6. The summed E-state index contributed by atoms with van der Waals surface area (Å²) >= 11 is 0. The molecule has 0 aliphatic carbocycles. The van der Waals surface area contributed by atoms with Crippen molar-refractivity contribution >= 4 is 33.3 Å². The van der Waals surface area contributed by atoms with Crippen LogP contribution in [0.2, 0.25) is 0 Å². The standard InChI is InChI=1S/C20H19F3N2O5S/c1-13(18(26)24-17-9-3-2-8-16(17)20(21,22)23)30-19(27)14-6-4-7-15(12-14)25-10-5-11-31(25,28)29/h2-4,6-9,12-13H,5,10-11H2,1H3,(H,24,26). The zero-order chi connectivity index (χ0) is 22.8. The first-order valence-corrected chi connectivity index (χ1v) is 10.9. The van der Waals surface area contributed by atoms with Crippen LogP contribution in [0.5, 0.6) is 0 Å². The van der Waals surface area contributed by atoms with E-state index in [0.29, 0.717) is 12.1 Å². The predicted molar refractivity (Wildman–Crippen MR) is 107 cm³/mol. The lowest BCUT2D eigenvalue weighted by molar-refractivity contribution is -0.137. The first-order valence-electron chi connectivity index (χ1n) is 9.27. The Morgan fingerprint density at radius 2 is 1.84 bits per heavy atom. The van der Waals surface area contributed by atoms with Crippen molar-refractivity contribution < 1.29 is 35.9 Å². The van der Waals surface area contributed by atoms with Gasteiger partial charge in [-0.1, -0.05) is 18.2 Å². The molecule has 2 aromatic rings. The molecule has 1 atom stereocenters. The van der Waals surface area contributed by atoms with Crippen LogP contribution in [0.25, 0.3) is 0 Å². The molecule has 1 N–H and O–H groups in total. The van der Waals surface area contributed by atoms with E-state index in [0.717, 1.165) is 12.1 Å². The van der Waals surface area contributed by atoms with Gasteiger partial charge in [0.25, 0.3) is 5.91 Å². The molecule has 31 heavy (non-hydrogen) atoms. The van der Waals surface area contributed by atoms with Gasteiger partial charge >= 0.3 is 12.1 Å². The highest BCUT2D eigenvalue weighted by Crippen LogP contribution is 2.34. The molecule has 1 fully saturated rings. The largest absolute Gasteiger partial charge is 0.449 e. The summed E-state index contributed by atoms with van der Waals surface area (Å²) < 4.78 is 69.6. The summed E-state index contributed by atoms with van der Waals surface area (Å²) in [5, 5.41) is 2.12. The Bertz CT molecular complexity index is 1100. The number of nitrogens with zero attached hydrogens (tertiary/aromatic N) is 1. The number of alkyl halides is 3. The topological polar surface area (TPSA) is 92.8 Å². The van der Waals surface area contributed by atoms with Crippen LogP contribution in [0.1, 0.15) is 29.3 Å². The molecule has 1 aliphatic heterocycles. The van der Waals surface area contributed by atoms with Crippen molar-refractivity contribution in [2.24, 2.45) is 0 Å². The molecule has 0 aromatic heterocycles. The van der Waals surface area contributed by atoms with Gasteiger partial charge in [0.05, 0.1) is 28.3 Å². The molecule has 1 heterocycles. The Labute approximate surface area is 176 Å². The Kier molecular flexibility index (Phi) is 6.25. The van der Waals surface area contributed by atoms with Gasteiger partial charge in [-0.15, -0.1) is 0 Å². The monoisotopic (exact) mass is 456 g/mol. The molecule has 2 aromatic carbocycles. The van der Waals surface area contributed by atoms with E-state index in [-0.39, 0.29) is 17.9 Å². The highest BCUT2D eigenvalue weighted by molar-refractivity contribution is 7.93. The SMILES string of the molecule is CC(OC(=O)c1cccc(N2CCCS2(=O)=O)c1)C(=O)Nc1ccccc1C(F)(F)F. The van der Waals surface area contributed by atoms with Crippen LogP contribution >= 0.6 is 0 Å². The number of hydrogen-bond acceptors (Lipinski definition) is 5. The molecule has 3 rings (SSSR count). The molecule has 0 spiro atoms. The first-order chi connectivity index (χ1) is 14.5. The van der Waals surface area contributed by atoms with Crippen molar-refractivity contribution in [2.75, 3.05) is 21.9 Å². The summed E-state index contributed by atoms with van der Waals surface area (Å²) in [6.07, 6.45) is -5.60. The Balaban J connectivity index is 1.70. The van der Waals surface area contributed by atoms with Crippen LogP contribution < -0.4 is 9.62 Å². The minimum Gasteiger partial charge on any atom is -0.449 e. The number of rotatable bonds is 5. The van der Waals surface area contributed by atoms with E-state index in [1.165, 1.54) is 47.6 Å². The number of esters is 1. The van der Waals surface area contributed by atoms with Crippen LogP contribution in [0.3, 0.4) is 0 Å². The van der Waals surface area contributed by atoms with Crippen molar-refractivity contribution in [3.05, 3.63) is 59.7 Å². The van der Waals surface area contributed by atoms with Crippen LogP contribution in [0.15, 0.2) is 48.5 Å². The number of hydrogen-bond donors (Lipinski definition) is 1. The highest BCUT2D eigenvalue weighted by atomic mass is 32.2. The molecular formula is C20H19F3N2O5S. The van der Waals surface area contributed by atoms with Crippen LogP contribution in [0, 0.1) is 0 Å². The Morgan fingerprint density at radius 3 is 2.48 bits per heavy atom. The van der Waals surface area contributed by atoms with Gasteiger partial charge in [0.1, 0.15) is 0 Å². The summed E-state index contributed by atoms with van der Waals surface area (Å²) in [4.78, 5) is 24.7. The minimum atomic E-state index is -4.67. The number of ether oxygens (including phenoxy) is 1. The van der Waals surface area contributed by atoms with E-state index in [1.807, 2.05) is 0 Å².